The summed E-state index contributed by atoms with van der Waals surface area (Å²) in [6.45, 7) is 0.159. The maximum Gasteiger partial charge on any atom is 0.137 e. The molecule has 8 heteroatoms. The molecule has 1 saturated carbocycles. The Hall–Kier alpha value is -1.83. The fraction of sp³-hybridized carbons (Fsp3) is 0.278. The van der Waals surface area contributed by atoms with E-state index in [1.807, 2.05) is 0 Å². The Kier molecular flexibility index (Phi) is 4.33. The van der Waals surface area contributed by atoms with Crippen LogP contribution in [0.5, 0.6) is 0 Å². The summed E-state index contributed by atoms with van der Waals surface area (Å²) in [7, 11) is 0. The van der Waals surface area contributed by atoms with Crippen LogP contribution in [-0.4, -0.2) is 24.9 Å². The smallest absolute Gasteiger partial charge is 0.137 e. The highest BCUT2D eigenvalue weighted by molar-refractivity contribution is 9.10. The van der Waals surface area contributed by atoms with Crippen molar-refractivity contribution in [3.63, 3.8) is 0 Å². The number of nitrogens with zero attached hydrogens (tertiary/aromatic N) is 4. The number of hydrogen-bond donors (Lipinski definition) is 1. The van der Waals surface area contributed by atoms with E-state index in [0.717, 1.165) is 4.47 Å². The lowest BCUT2D eigenvalue weighted by Crippen LogP contribution is -2.44. The van der Waals surface area contributed by atoms with Crippen LogP contribution in [0.3, 0.4) is 0 Å². The number of halogens is 3. The van der Waals surface area contributed by atoms with E-state index >= 15 is 0 Å². The zero-order chi connectivity index (χ0) is 18.4. The minimum absolute atomic E-state index is 0.159. The third-order valence-corrected chi connectivity index (χ3v) is 5.70. The Labute approximate surface area is 163 Å². The van der Waals surface area contributed by atoms with E-state index in [2.05, 4.69) is 31.0 Å². The van der Waals surface area contributed by atoms with Gasteiger partial charge < -0.3 is 5.11 Å². The molecule has 2 aromatic heterocycles. The molecule has 1 aromatic carbocycles. The average molecular weight is 438 g/mol. The lowest BCUT2D eigenvalue weighted by molar-refractivity contribution is -0.0260. The van der Waals surface area contributed by atoms with Gasteiger partial charge in [0.2, 0.25) is 0 Å². The summed E-state index contributed by atoms with van der Waals surface area (Å²) in [6.07, 6.45) is 6.05. The van der Waals surface area contributed by atoms with Gasteiger partial charge in [-0.25, -0.2) is 14.1 Å². The summed E-state index contributed by atoms with van der Waals surface area (Å²) in [4.78, 5) is 8.44. The van der Waals surface area contributed by atoms with Crippen molar-refractivity contribution in [3.8, 4) is 0 Å². The summed E-state index contributed by atoms with van der Waals surface area (Å²) >= 11 is 9.82. The van der Waals surface area contributed by atoms with Gasteiger partial charge >= 0.3 is 0 Å². The number of aromatic nitrogens is 4. The van der Waals surface area contributed by atoms with Crippen LogP contribution in [0.4, 0.5) is 4.39 Å². The Morgan fingerprint density at radius 2 is 2.04 bits per heavy atom. The molecule has 0 aliphatic heterocycles. The largest absolute Gasteiger partial charge is 0.382 e. The van der Waals surface area contributed by atoms with Crippen LogP contribution in [0.15, 0.2) is 53.7 Å². The average Bonchev–Trinajstić information content (AvgIpc) is 3.26. The molecule has 0 bridgehead atoms. The Morgan fingerprint density at radius 1 is 1.31 bits per heavy atom. The summed E-state index contributed by atoms with van der Waals surface area (Å²) < 4.78 is 15.8. The van der Waals surface area contributed by atoms with Crippen molar-refractivity contribution in [2.24, 2.45) is 0 Å². The molecule has 4 rings (SSSR count). The van der Waals surface area contributed by atoms with Gasteiger partial charge in [-0.1, -0.05) is 23.7 Å². The third kappa shape index (κ3) is 2.84. The molecule has 1 fully saturated rings. The van der Waals surface area contributed by atoms with Gasteiger partial charge in [-0.15, -0.1) is 0 Å². The summed E-state index contributed by atoms with van der Waals surface area (Å²) in [5, 5.41) is 16.5. The van der Waals surface area contributed by atoms with Gasteiger partial charge in [0.1, 0.15) is 24.1 Å². The van der Waals surface area contributed by atoms with Crippen molar-refractivity contribution in [1.29, 1.82) is 0 Å². The molecule has 0 spiro atoms. The Bertz CT molecular complexity index is 931. The molecule has 3 aromatic rings. The van der Waals surface area contributed by atoms with E-state index in [9.17, 15) is 9.50 Å². The van der Waals surface area contributed by atoms with Crippen LogP contribution >= 0.6 is 27.5 Å². The second kappa shape index (κ2) is 6.40. The van der Waals surface area contributed by atoms with Gasteiger partial charge in [-0.05, 0) is 52.5 Å². The third-order valence-electron chi connectivity index (χ3n) is 4.98. The van der Waals surface area contributed by atoms with E-state index < -0.39 is 11.0 Å². The van der Waals surface area contributed by atoms with Crippen molar-refractivity contribution in [3.05, 3.63) is 75.8 Å². The quantitative estimate of drug-likeness (QED) is 0.658. The van der Waals surface area contributed by atoms with Crippen molar-refractivity contribution in [1.82, 2.24) is 19.7 Å². The molecule has 5 nitrogen and oxygen atoms in total. The molecule has 0 radical (unpaired) electrons. The molecule has 0 saturated heterocycles. The normalized spacial score (nSPS) is 17.7. The standard InChI is InChI=1S/C18H15BrClFN4O/c19-13-7-15(20)16(23-8-13)17(5-6-17)18(26,9-25-11-22-10-24-25)12-1-3-14(21)4-2-12/h1-4,7-8,10-11,26H,5-6,9H2. The SMILES string of the molecule is OC(Cn1cncn1)(c1ccc(F)cc1)C1(c2ncc(Br)cc2Cl)CC1. The predicted molar refractivity (Wildman–Crippen MR) is 98.2 cm³/mol. The monoisotopic (exact) mass is 436 g/mol. The number of hydrogen-bond acceptors (Lipinski definition) is 4. The van der Waals surface area contributed by atoms with Crippen molar-refractivity contribution in [2.45, 2.75) is 30.4 Å². The first-order chi connectivity index (χ1) is 12.4. The highest BCUT2D eigenvalue weighted by Gasteiger charge is 2.62. The number of benzene rings is 1. The predicted octanol–water partition coefficient (Wildman–Crippen LogP) is 3.85. The number of aliphatic hydroxyl groups is 1. The maximum absolute atomic E-state index is 13.4. The second-order valence-corrected chi connectivity index (χ2v) is 7.85. The molecule has 1 unspecified atom stereocenters. The van der Waals surface area contributed by atoms with Crippen molar-refractivity contribution in [2.75, 3.05) is 0 Å². The van der Waals surface area contributed by atoms with Gasteiger partial charge in [0, 0.05) is 16.1 Å². The zero-order valence-electron chi connectivity index (χ0n) is 13.6. The molecule has 0 amide bonds. The van der Waals surface area contributed by atoms with Gasteiger partial charge in [0.05, 0.1) is 17.3 Å². The molecular weight excluding hydrogens is 423 g/mol. The molecule has 2 heterocycles. The van der Waals surface area contributed by atoms with Crippen molar-refractivity contribution < 1.29 is 9.50 Å². The molecular formula is C18H15BrClFN4O. The second-order valence-electron chi connectivity index (χ2n) is 6.53. The minimum atomic E-state index is -1.36. The first-order valence-corrected chi connectivity index (χ1v) is 9.24. The van der Waals surface area contributed by atoms with E-state index in [1.165, 1.54) is 18.5 Å². The number of rotatable bonds is 5. The van der Waals surface area contributed by atoms with Gasteiger partial charge in [-0.2, -0.15) is 5.10 Å². The number of pyridine rings is 1. The van der Waals surface area contributed by atoms with Gasteiger partial charge in [-0.3, -0.25) is 4.98 Å². The lowest BCUT2D eigenvalue weighted by atomic mass is 9.76. The Balaban J connectivity index is 1.86. The fourth-order valence-corrected chi connectivity index (χ4v) is 4.34. The van der Waals surface area contributed by atoms with Crippen LogP contribution < -0.4 is 0 Å². The van der Waals surface area contributed by atoms with E-state index in [1.54, 1.807) is 35.4 Å². The van der Waals surface area contributed by atoms with E-state index in [0.29, 0.717) is 29.1 Å². The zero-order valence-corrected chi connectivity index (χ0v) is 16.0. The van der Waals surface area contributed by atoms with E-state index in [-0.39, 0.29) is 12.4 Å². The summed E-state index contributed by atoms with van der Waals surface area (Å²) in [5.41, 5.74) is -0.810. The molecule has 1 atom stereocenters. The summed E-state index contributed by atoms with van der Waals surface area (Å²) in [6, 6.07) is 7.64. The molecule has 1 aliphatic carbocycles. The maximum atomic E-state index is 13.4. The first kappa shape index (κ1) is 17.6. The van der Waals surface area contributed by atoms with Gasteiger partial charge in [0.25, 0.3) is 0 Å². The van der Waals surface area contributed by atoms with Crippen molar-refractivity contribution >= 4 is 27.5 Å². The lowest BCUT2D eigenvalue weighted by Gasteiger charge is -2.37. The van der Waals surface area contributed by atoms with E-state index in [4.69, 9.17) is 11.6 Å². The topological polar surface area (TPSA) is 63.8 Å². The van der Waals surface area contributed by atoms with Crippen LogP contribution in [0.2, 0.25) is 5.02 Å². The Morgan fingerprint density at radius 3 is 2.62 bits per heavy atom. The fourth-order valence-electron chi connectivity index (χ4n) is 3.53. The highest BCUT2D eigenvalue weighted by Crippen LogP contribution is 2.61. The molecule has 1 aliphatic rings. The van der Waals surface area contributed by atoms with Gasteiger partial charge in [0.15, 0.2) is 0 Å². The van der Waals surface area contributed by atoms with Crippen LogP contribution in [0.1, 0.15) is 24.1 Å². The summed E-state index contributed by atoms with van der Waals surface area (Å²) in [5.74, 6) is -0.360. The first-order valence-electron chi connectivity index (χ1n) is 8.07. The van der Waals surface area contributed by atoms with Crippen LogP contribution in [0.25, 0.3) is 0 Å². The van der Waals surface area contributed by atoms with Crippen LogP contribution in [-0.2, 0) is 17.6 Å². The molecule has 134 valence electrons. The molecule has 26 heavy (non-hydrogen) atoms. The minimum Gasteiger partial charge on any atom is -0.382 e. The molecule has 1 N–H and O–H groups in total. The van der Waals surface area contributed by atoms with Crippen LogP contribution in [0, 0.1) is 5.82 Å². The highest BCUT2D eigenvalue weighted by atomic mass is 79.9.